The number of H-pyrrole nitrogens is 1. The fourth-order valence-corrected chi connectivity index (χ4v) is 2.96. The summed E-state index contributed by atoms with van der Waals surface area (Å²) in [5.74, 6) is 0.808. The molecule has 0 aromatic carbocycles. The van der Waals surface area contributed by atoms with Gasteiger partial charge in [-0.05, 0) is 26.7 Å². The Bertz CT molecular complexity index is 472. The summed E-state index contributed by atoms with van der Waals surface area (Å²) in [4.78, 5) is 18.6. The van der Waals surface area contributed by atoms with Gasteiger partial charge in [0.25, 0.3) is 5.56 Å². The van der Waals surface area contributed by atoms with Gasteiger partial charge in [0.1, 0.15) is 5.82 Å². The Balaban J connectivity index is 2.04. The number of aryl methyl sites for hydroxylation is 1. The van der Waals surface area contributed by atoms with Crippen LogP contribution >= 0.6 is 0 Å². The van der Waals surface area contributed by atoms with Crippen LogP contribution in [0.3, 0.4) is 0 Å². The van der Waals surface area contributed by atoms with Crippen LogP contribution < -0.4 is 5.56 Å². The Labute approximate surface area is 87.7 Å². The molecule has 4 nitrogen and oxygen atoms in total. The quantitative estimate of drug-likeness (QED) is 0.742. The summed E-state index contributed by atoms with van der Waals surface area (Å²) >= 11 is 0. The zero-order chi connectivity index (χ0) is 10.7. The third-order valence-electron chi connectivity index (χ3n) is 3.49. The van der Waals surface area contributed by atoms with E-state index in [1.807, 2.05) is 6.92 Å². The third kappa shape index (κ3) is 1.17. The summed E-state index contributed by atoms with van der Waals surface area (Å²) in [5, 5.41) is 0. The second-order valence-corrected chi connectivity index (χ2v) is 5.11. The lowest BCUT2D eigenvalue weighted by molar-refractivity contribution is 0.0148. The van der Waals surface area contributed by atoms with Crippen molar-refractivity contribution in [2.45, 2.75) is 37.7 Å². The van der Waals surface area contributed by atoms with Crippen LogP contribution in [0.15, 0.2) is 10.9 Å². The molecule has 0 unspecified atom stereocenters. The van der Waals surface area contributed by atoms with Crippen molar-refractivity contribution in [2.75, 3.05) is 6.61 Å². The number of aromatic amines is 1. The number of aromatic nitrogens is 2. The van der Waals surface area contributed by atoms with Crippen LogP contribution in [-0.4, -0.2) is 22.2 Å². The Hall–Kier alpha value is -1.16. The maximum Gasteiger partial charge on any atom is 0.251 e. The van der Waals surface area contributed by atoms with Gasteiger partial charge in [0.15, 0.2) is 0 Å². The third-order valence-corrected chi connectivity index (χ3v) is 3.49. The molecule has 3 heterocycles. The minimum absolute atomic E-state index is 0.0140. The molecule has 1 N–H and O–H groups in total. The highest BCUT2D eigenvalue weighted by Crippen LogP contribution is 2.57. The van der Waals surface area contributed by atoms with Crippen molar-refractivity contribution in [1.82, 2.24) is 9.97 Å². The lowest BCUT2D eigenvalue weighted by atomic mass is 9.63. The number of rotatable bonds is 1. The van der Waals surface area contributed by atoms with E-state index in [0.717, 1.165) is 24.4 Å². The molecule has 2 bridgehead atoms. The fraction of sp³-hybridized carbons (Fsp3) is 0.636. The van der Waals surface area contributed by atoms with Gasteiger partial charge in [-0.1, -0.05) is 0 Å². The molecule has 1 aliphatic carbocycles. The van der Waals surface area contributed by atoms with Gasteiger partial charge in [-0.3, -0.25) is 4.79 Å². The van der Waals surface area contributed by atoms with Crippen LogP contribution in [0.25, 0.3) is 0 Å². The van der Waals surface area contributed by atoms with Crippen molar-refractivity contribution in [1.29, 1.82) is 0 Å². The van der Waals surface area contributed by atoms with Crippen molar-refractivity contribution < 1.29 is 4.74 Å². The average Bonchev–Trinajstić information content (AvgIpc) is 2.56. The van der Waals surface area contributed by atoms with Gasteiger partial charge in [-0.25, -0.2) is 4.98 Å². The van der Waals surface area contributed by atoms with Crippen molar-refractivity contribution >= 4 is 0 Å². The number of fused-ring (bicyclic) bond motifs is 1. The lowest BCUT2D eigenvalue weighted by Crippen LogP contribution is -2.46. The standard InChI is InChI=1S/C11H14N2O2/c1-7-3-8(14)13-9(12-7)11-4-10(2,5-11)15-6-11/h3H,4-6H2,1-2H3,(H,12,13,14). The predicted octanol–water partition coefficient (Wildman–Crippen LogP) is 0.899. The highest BCUT2D eigenvalue weighted by molar-refractivity contribution is 5.25. The molecule has 4 rings (SSSR count). The van der Waals surface area contributed by atoms with Gasteiger partial charge in [-0.15, -0.1) is 0 Å². The van der Waals surface area contributed by atoms with Gasteiger partial charge in [0, 0.05) is 11.8 Å². The molecule has 2 saturated heterocycles. The van der Waals surface area contributed by atoms with Crippen molar-refractivity contribution in [3.63, 3.8) is 0 Å². The zero-order valence-electron chi connectivity index (χ0n) is 8.96. The van der Waals surface area contributed by atoms with E-state index < -0.39 is 0 Å². The summed E-state index contributed by atoms with van der Waals surface area (Å²) in [5.41, 5.74) is 0.735. The smallest absolute Gasteiger partial charge is 0.251 e. The van der Waals surface area contributed by atoms with Gasteiger partial charge in [-0.2, -0.15) is 0 Å². The molecule has 1 saturated carbocycles. The van der Waals surface area contributed by atoms with Crippen LogP contribution in [0, 0.1) is 6.92 Å². The summed E-state index contributed by atoms with van der Waals surface area (Å²) in [6, 6.07) is 1.52. The van der Waals surface area contributed by atoms with Crippen LogP contribution in [-0.2, 0) is 10.2 Å². The van der Waals surface area contributed by atoms with E-state index in [4.69, 9.17) is 4.74 Å². The van der Waals surface area contributed by atoms with Gasteiger partial charge >= 0.3 is 0 Å². The molecule has 15 heavy (non-hydrogen) atoms. The van der Waals surface area contributed by atoms with Crippen LogP contribution in [0.5, 0.6) is 0 Å². The number of ether oxygens (including phenoxy) is 1. The summed E-state index contributed by atoms with van der Waals surface area (Å²) < 4.78 is 5.69. The van der Waals surface area contributed by atoms with E-state index >= 15 is 0 Å². The number of nitrogens with zero attached hydrogens (tertiary/aromatic N) is 1. The normalized spacial score (nSPS) is 37.7. The Kier molecular flexibility index (Phi) is 1.51. The highest BCUT2D eigenvalue weighted by atomic mass is 16.5. The Morgan fingerprint density at radius 3 is 2.80 bits per heavy atom. The molecule has 1 aromatic rings. The SMILES string of the molecule is Cc1cc(=O)[nH]c(C23COC(C)(C2)C3)n1. The van der Waals surface area contributed by atoms with E-state index in [9.17, 15) is 4.79 Å². The first-order valence-electron chi connectivity index (χ1n) is 5.24. The molecule has 80 valence electrons. The second-order valence-electron chi connectivity index (χ2n) is 5.11. The molecule has 1 aromatic heterocycles. The molecule has 0 radical (unpaired) electrons. The van der Waals surface area contributed by atoms with E-state index in [-0.39, 0.29) is 16.6 Å². The van der Waals surface area contributed by atoms with Crippen LogP contribution in [0.1, 0.15) is 31.3 Å². The summed E-state index contributed by atoms with van der Waals surface area (Å²) in [6.07, 6.45) is 1.96. The van der Waals surface area contributed by atoms with Crippen molar-refractivity contribution in [3.8, 4) is 0 Å². The Morgan fingerprint density at radius 1 is 1.53 bits per heavy atom. The monoisotopic (exact) mass is 206 g/mol. The summed E-state index contributed by atoms with van der Waals surface area (Å²) in [7, 11) is 0. The van der Waals surface area contributed by atoms with Crippen molar-refractivity contribution in [2.24, 2.45) is 0 Å². The number of hydrogen-bond acceptors (Lipinski definition) is 3. The van der Waals surface area contributed by atoms with Crippen LogP contribution in [0.4, 0.5) is 0 Å². The Morgan fingerprint density at radius 2 is 2.27 bits per heavy atom. The van der Waals surface area contributed by atoms with E-state index in [0.29, 0.717) is 6.61 Å². The minimum atomic E-state index is -0.0626. The molecule has 0 spiro atoms. The molecule has 0 amide bonds. The van der Waals surface area contributed by atoms with Crippen LogP contribution in [0.2, 0.25) is 0 Å². The average molecular weight is 206 g/mol. The van der Waals surface area contributed by atoms with E-state index in [1.54, 1.807) is 0 Å². The van der Waals surface area contributed by atoms with Gasteiger partial charge in [0.2, 0.25) is 0 Å². The van der Waals surface area contributed by atoms with E-state index in [2.05, 4.69) is 16.9 Å². The molecule has 2 aliphatic heterocycles. The second kappa shape index (κ2) is 2.50. The number of hydrogen-bond donors (Lipinski definition) is 1. The lowest BCUT2D eigenvalue weighted by Gasteiger charge is -2.41. The predicted molar refractivity (Wildman–Crippen MR) is 54.9 cm³/mol. The molecule has 4 heteroatoms. The van der Waals surface area contributed by atoms with Gasteiger partial charge < -0.3 is 9.72 Å². The summed E-state index contributed by atoms with van der Waals surface area (Å²) in [6.45, 7) is 4.66. The fourth-order valence-electron chi connectivity index (χ4n) is 2.96. The highest BCUT2D eigenvalue weighted by Gasteiger charge is 2.61. The molecule has 3 aliphatic rings. The van der Waals surface area contributed by atoms with E-state index in [1.165, 1.54) is 6.07 Å². The first-order chi connectivity index (χ1) is 7.01. The topological polar surface area (TPSA) is 55.0 Å². The first kappa shape index (κ1) is 9.09. The molecule has 0 atom stereocenters. The first-order valence-corrected chi connectivity index (χ1v) is 5.24. The van der Waals surface area contributed by atoms with Gasteiger partial charge in [0.05, 0.1) is 17.6 Å². The maximum atomic E-state index is 11.4. The maximum absolute atomic E-state index is 11.4. The molecular weight excluding hydrogens is 192 g/mol. The molecular formula is C11H14N2O2. The zero-order valence-corrected chi connectivity index (χ0v) is 8.96. The van der Waals surface area contributed by atoms with Crippen molar-refractivity contribution in [3.05, 3.63) is 27.9 Å². The largest absolute Gasteiger partial charge is 0.374 e. The minimum Gasteiger partial charge on any atom is -0.374 e. The number of nitrogens with one attached hydrogen (secondary N) is 1. The molecule has 3 fully saturated rings.